The molecule has 0 bridgehead atoms. The molecule has 0 N–H and O–H groups in total. The second kappa shape index (κ2) is 5.62. The summed E-state index contributed by atoms with van der Waals surface area (Å²) in [5, 5.41) is 0.824. The molecule has 16 heavy (non-hydrogen) atoms. The number of hydrogen-bond acceptors (Lipinski definition) is 3. The van der Waals surface area contributed by atoms with Crippen LogP contribution in [0.3, 0.4) is 0 Å². The van der Waals surface area contributed by atoms with E-state index >= 15 is 0 Å². The average molecular weight is 284 g/mol. The van der Waals surface area contributed by atoms with Crippen molar-refractivity contribution in [3.63, 3.8) is 0 Å². The maximum atomic E-state index is 4.43. The Bertz CT molecular complexity index is 326. The van der Waals surface area contributed by atoms with E-state index in [1.54, 1.807) is 0 Å². The van der Waals surface area contributed by atoms with Crippen molar-refractivity contribution < 1.29 is 0 Å². The third-order valence-corrected chi connectivity index (χ3v) is 3.87. The van der Waals surface area contributed by atoms with Crippen LogP contribution in [0.1, 0.15) is 31.7 Å². The lowest BCUT2D eigenvalue weighted by Gasteiger charge is -2.32. The number of aromatic nitrogens is 2. The number of anilines is 1. The molecule has 1 saturated heterocycles. The first-order valence-corrected chi connectivity index (χ1v) is 7.07. The van der Waals surface area contributed by atoms with E-state index in [-0.39, 0.29) is 0 Å². The van der Waals surface area contributed by atoms with Crippen LogP contribution in [-0.2, 0) is 5.33 Å². The normalized spacial score (nSPS) is 21.1. The second-order valence-electron chi connectivity index (χ2n) is 4.39. The maximum Gasteiger partial charge on any atom is 0.225 e. The zero-order valence-corrected chi connectivity index (χ0v) is 11.3. The molecule has 1 atom stereocenters. The number of nitrogens with zero attached hydrogens (tertiary/aromatic N) is 3. The topological polar surface area (TPSA) is 29.0 Å². The summed E-state index contributed by atoms with van der Waals surface area (Å²) in [6.07, 6.45) is 7.70. The molecule has 0 aromatic carbocycles. The summed E-state index contributed by atoms with van der Waals surface area (Å²) in [7, 11) is 0. The third-order valence-electron chi connectivity index (χ3n) is 3.23. The Morgan fingerprint density at radius 1 is 1.44 bits per heavy atom. The third kappa shape index (κ3) is 2.73. The van der Waals surface area contributed by atoms with E-state index in [9.17, 15) is 0 Å². The van der Waals surface area contributed by atoms with Gasteiger partial charge < -0.3 is 4.90 Å². The van der Waals surface area contributed by atoms with Gasteiger partial charge in [-0.15, -0.1) is 0 Å². The molecular weight excluding hydrogens is 266 g/mol. The van der Waals surface area contributed by atoms with Crippen LogP contribution in [-0.4, -0.2) is 23.1 Å². The lowest BCUT2D eigenvalue weighted by molar-refractivity contribution is 0.401. The highest BCUT2D eigenvalue weighted by atomic mass is 79.9. The fourth-order valence-corrected chi connectivity index (χ4v) is 2.45. The quantitative estimate of drug-likeness (QED) is 0.799. The van der Waals surface area contributed by atoms with E-state index in [4.69, 9.17) is 0 Å². The monoisotopic (exact) mass is 283 g/mol. The lowest BCUT2D eigenvalue weighted by atomic mass is 9.96. The lowest BCUT2D eigenvalue weighted by Crippen LogP contribution is -2.36. The molecule has 1 unspecified atom stereocenters. The van der Waals surface area contributed by atoms with Crippen LogP contribution in [0.25, 0.3) is 0 Å². The summed E-state index contributed by atoms with van der Waals surface area (Å²) >= 11 is 3.41. The minimum absolute atomic E-state index is 0.813. The van der Waals surface area contributed by atoms with Gasteiger partial charge in [0.2, 0.25) is 5.95 Å². The summed E-state index contributed by atoms with van der Waals surface area (Å²) in [5.74, 6) is 1.70. The molecule has 2 heterocycles. The first-order chi connectivity index (χ1) is 7.83. The standard InChI is InChI=1S/C12H18BrN3/c1-2-10-4-3-5-16(9-10)12-14-7-11(6-13)8-15-12/h7-8,10H,2-6,9H2,1H3. The minimum Gasteiger partial charge on any atom is -0.341 e. The van der Waals surface area contributed by atoms with E-state index in [0.29, 0.717) is 0 Å². The van der Waals surface area contributed by atoms with Gasteiger partial charge in [0.15, 0.2) is 0 Å². The first kappa shape index (κ1) is 11.8. The Labute approximate surface area is 105 Å². The zero-order valence-electron chi connectivity index (χ0n) is 9.69. The van der Waals surface area contributed by atoms with Gasteiger partial charge in [0.25, 0.3) is 0 Å². The molecule has 1 aromatic rings. The molecule has 0 amide bonds. The fraction of sp³-hybridized carbons (Fsp3) is 0.667. The fourth-order valence-electron chi connectivity index (χ4n) is 2.16. The van der Waals surface area contributed by atoms with E-state index in [1.165, 1.54) is 19.3 Å². The number of halogens is 1. The molecule has 0 spiro atoms. The highest BCUT2D eigenvalue weighted by Crippen LogP contribution is 2.22. The summed E-state index contributed by atoms with van der Waals surface area (Å²) in [6, 6.07) is 0. The van der Waals surface area contributed by atoms with Crippen LogP contribution in [0.5, 0.6) is 0 Å². The van der Waals surface area contributed by atoms with Gasteiger partial charge in [-0.25, -0.2) is 9.97 Å². The van der Waals surface area contributed by atoms with Crippen molar-refractivity contribution in [2.45, 2.75) is 31.5 Å². The number of hydrogen-bond donors (Lipinski definition) is 0. The molecule has 0 aliphatic carbocycles. The molecule has 4 heteroatoms. The number of alkyl halides is 1. The van der Waals surface area contributed by atoms with Crippen LogP contribution >= 0.6 is 15.9 Å². The number of rotatable bonds is 3. The van der Waals surface area contributed by atoms with Gasteiger partial charge in [-0.05, 0) is 24.3 Å². The van der Waals surface area contributed by atoms with Gasteiger partial charge in [-0.3, -0.25) is 0 Å². The highest BCUT2D eigenvalue weighted by molar-refractivity contribution is 9.08. The van der Waals surface area contributed by atoms with Crippen molar-refractivity contribution in [1.29, 1.82) is 0 Å². The molecule has 0 radical (unpaired) electrons. The largest absolute Gasteiger partial charge is 0.341 e. The molecular formula is C12H18BrN3. The second-order valence-corrected chi connectivity index (χ2v) is 4.95. The average Bonchev–Trinajstić information content (AvgIpc) is 2.39. The molecule has 88 valence electrons. The molecule has 1 aliphatic heterocycles. The van der Waals surface area contributed by atoms with Crippen molar-refractivity contribution in [3.8, 4) is 0 Å². The minimum atomic E-state index is 0.813. The summed E-state index contributed by atoms with van der Waals surface area (Å²) in [6.45, 7) is 4.48. The predicted molar refractivity (Wildman–Crippen MR) is 69.9 cm³/mol. The van der Waals surface area contributed by atoms with E-state index in [0.717, 1.165) is 35.8 Å². The molecule has 1 fully saturated rings. The molecule has 1 aliphatic rings. The van der Waals surface area contributed by atoms with Crippen molar-refractivity contribution in [2.75, 3.05) is 18.0 Å². The van der Waals surface area contributed by atoms with Gasteiger partial charge in [0, 0.05) is 30.8 Å². The maximum absolute atomic E-state index is 4.43. The Morgan fingerprint density at radius 3 is 2.81 bits per heavy atom. The van der Waals surface area contributed by atoms with Gasteiger partial charge in [-0.1, -0.05) is 29.3 Å². The Balaban J connectivity index is 2.05. The van der Waals surface area contributed by atoms with Crippen LogP contribution < -0.4 is 4.90 Å². The molecule has 3 nitrogen and oxygen atoms in total. The highest BCUT2D eigenvalue weighted by Gasteiger charge is 2.20. The summed E-state index contributed by atoms with van der Waals surface area (Å²) in [5.41, 5.74) is 1.13. The van der Waals surface area contributed by atoms with Crippen molar-refractivity contribution >= 4 is 21.9 Å². The Kier molecular flexibility index (Phi) is 4.16. The Hall–Kier alpha value is -0.640. The zero-order chi connectivity index (χ0) is 11.4. The van der Waals surface area contributed by atoms with Crippen LogP contribution in [0.4, 0.5) is 5.95 Å². The smallest absolute Gasteiger partial charge is 0.225 e. The van der Waals surface area contributed by atoms with Gasteiger partial charge in [0.05, 0.1) is 0 Å². The first-order valence-electron chi connectivity index (χ1n) is 5.95. The number of piperidine rings is 1. The SMILES string of the molecule is CCC1CCCN(c2ncc(CBr)cn2)C1. The van der Waals surface area contributed by atoms with Crippen LogP contribution in [0, 0.1) is 5.92 Å². The molecule has 0 saturated carbocycles. The summed E-state index contributed by atoms with van der Waals surface area (Å²) < 4.78 is 0. The van der Waals surface area contributed by atoms with Crippen molar-refractivity contribution in [3.05, 3.63) is 18.0 Å². The van der Waals surface area contributed by atoms with Crippen molar-refractivity contribution in [2.24, 2.45) is 5.92 Å². The van der Waals surface area contributed by atoms with Crippen molar-refractivity contribution in [1.82, 2.24) is 9.97 Å². The van der Waals surface area contributed by atoms with Crippen LogP contribution in [0.2, 0.25) is 0 Å². The molecule has 1 aromatic heterocycles. The molecule has 2 rings (SSSR count). The van der Waals surface area contributed by atoms with E-state index in [1.807, 2.05) is 12.4 Å². The van der Waals surface area contributed by atoms with E-state index in [2.05, 4.69) is 37.7 Å². The Morgan fingerprint density at radius 2 is 2.19 bits per heavy atom. The van der Waals surface area contributed by atoms with E-state index < -0.39 is 0 Å². The summed E-state index contributed by atoms with van der Waals surface area (Å²) in [4.78, 5) is 11.2. The van der Waals surface area contributed by atoms with Gasteiger partial charge >= 0.3 is 0 Å². The van der Waals surface area contributed by atoms with Crippen LogP contribution in [0.15, 0.2) is 12.4 Å². The van der Waals surface area contributed by atoms with Gasteiger partial charge in [-0.2, -0.15) is 0 Å². The predicted octanol–water partition coefficient (Wildman–Crippen LogP) is 3.00. The van der Waals surface area contributed by atoms with Gasteiger partial charge in [0.1, 0.15) is 0 Å².